The van der Waals surface area contributed by atoms with Gasteiger partial charge in [-0.2, -0.15) is 0 Å². The molecule has 0 aliphatic rings. The van der Waals surface area contributed by atoms with E-state index in [2.05, 4.69) is 4.98 Å². The smallest absolute Gasteiger partial charge is 0.309 e. The van der Waals surface area contributed by atoms with Gasteiger partial charge in [-0.3, -0.25) is 9.59 Å². The summed E-state index contributed by atoms with van der Waals surface area (Å²) >= 11 is 0. The van der Waals surface area contributed by atoms with Crippen LogP contribution in [0.5, 0.6) is 5.75 Å². The van der Waals surface area contributed by atoms with Crippen molar-refractivity contribution in [3.63, 3.8) is 0 Å². The zero-order valence-corrected chi connectivity index (χ0v) is 9.37. The van der Waals surface area contributed by atoms with E-state index in [0.29, 0.717) is 17.1 Å². The molecule has 0 atom stereocenters. The predicted octanol–water partition coefficient (Wildman–Crippen LogP) is -0.175. The molecule has 0 saturated heterocycles. The maximum atomic E-state index is 10.7. The molecule has 0 unspecified atom stereocenters. The van der Waals surface area contributed by atoms with Crippen molar-refractivity contribution in [2.45, 2.75) is 6.42 Å². The molecule has 0 aliphatic carbocycles. The van der Waals surface area contributed by atoms with Crippen molar-refractivity contribution in [2.24, 2.45) is 5.73 Å². The number of hydrogen-bond acceptors (Lipinski definition) is 4. The van der Waals surface area contributed by atoms with E-state index in [1.54, 1.807) is 28.9 Å². The minimum absolute atomic E-state index is 0.170. The van der Waals surface area contributed by atoms with Gasteiger partial charge < -0.3 is 20.0 Å². The molecular weight excluding hydrogens is 238 g/mol. The van der Waals surface area contributed by atoms with Crippen LogP contribution in [-0.2, 0) is 16.0 Å². The summed E-state index contributed by atoms with van der Waals surface area (Å²) in [6.45, 7) is -0.249. The third-order valence-electron chi connectivity index (χ3n) is 2.20. The van der Waals surface area contributed by atoms with Crippen LogP contribution in [0.25, 0.3) is 5.65 Å². The van der Waals surface area contributed by atoms with E-state index in [1.165, 1.54) is 0 Å². The van der Waals surface area contributed by atoms with Crippen molar-refractivity contribution in [1.82, 2.24) is 9.38 Å². The van der Waals surface area contributed by atoms with Crippen LogP contribution >= 0.6 is 0 Å². The molecule has 7 heteroatoms. The van der Waals surface area contributed by atoms with Crippen molar-refractivity contribution < 1.29 is 19.4 Å². The van der Waals surface area contributed by atoms with Gasteiger partial charge in [0.05, 0.1) is 12.1 Å². The van der Waals surface area contributed by atoms with Crippen molar-refractivity contribution in [2.75, 3.05) is 6.61 Å². The minimum atomic E-state index is -0.960. The topological polar surface area (TPSA) is 107 Å². The van der Waals surface area contributed by atoms with Crippen LogP contribution in [0.4, 0.5) is 0 Å². The number of nitrogens with zero attached hydrogens (tertiary/aromatic N) is 2. The number of aromatic nitrogens is 2. The summed E-state index contributed by atoms with van der Waals surface area (Å²) in [7, 11) is 0. The molecule has 2 aromatic rings. The number of hydrogen-bond donors (Lipinski definition) is 2. The normalized spacial score (nSPS) is 10.4. The number of primary amides is 1. The number of rotatable bonds is 5. The molecule has 2 heterocycles. The van der Waals surface area contributed by atoms with Gasteiger partial charge in [-0.25, -0.2) is 4.98 Å². The number of carboxylic acid groups (broad SMARTS) is 1. The largest absolute Gasteiger partial charge is 0.481 e. The zero-order valence-electron chi connectivity index (χ0n) is 9.37. The van der Waals surface area contributed by atoms with Gasteiger partial charge in [0, 0.05) is 12.4 Å². The summed E-state index contributed by atoms with van der Waals surface area (Å²) in [6.07, 6.45) is 3.14. The molecule has 2 aromatic heterocycles. The number of fused-ring (bicyclic) bond motifs is 1. The molecule has 0 bridgehead atoms. The second kappa shape index (κ2) is 4.74. The molecule has 0 saturated carbocycles. The number of aliphatic carboxylic acids is 1. The van der Waals surface area contributed by atoms with Crippen molar-refractivity contribution in [3.8, 4) is 5.75 Å². The number of amides is 1. The summed E-state index contributed by atoms with van der Waals surface area (Å²) < 4.78 is 6.83. The Balaban J connectivity index is 2.32. The SMILES string of the molecule is NC(=O)COc1cccn2cc(CC(=O)O)nc12. The van der Waals surface area contributed by atoms with Crippen LogP contribution in [0, 0.1) is 0 Å². The number of imidazole rings is 1. The van der Waals surface area contributed by atoms with Crippen molar-refractivity contribution in [1.29, 1.82) is 0 Å². The van der Waals surface area contributed by atoms with E-state index in [0.717, 1.165) is 0 Å². The number of pyridine rings is 1. The number of ether oxygens (including phenoxy) is 1. The van der Waals surface area contributed by atoms with E-state index < -0.39 is 11.9 Å². The maximum absolute atomic E-state index is 10.7. The highest BCUT2D eigenvalue weighted by molar-refractivity contribution is 5.75. The molecule has 3 N–H and O–H groups in total. The molecular formula is C11H11N3O4. The fourth-order valence-electron chi connectivity index (χ4n) is 1.54. The van der Waals surface area contributed by atoms with Gasteiger partial charge in [0.2, 0.25) is 0 Å². The van der Waals surface area contributed by atoms with Gasteiger partial charge in [0.1, 0.15) is 0 Å². The summed E-state index contributed by atoms with van der Waals surface area (Å²) in [4.78, 5) is 25.4. The molecule has 1 amide bonds. The molecule has 0 fully saturated rings. The molecule has 0 aliphatic heterocycles. The summed E-state index contributed by atoms with van der Waals surface area (Å²) in [5.74, 6) is -1.17. The lowest BCUT2D eigenvalue weighted by Gasteiger charge is -2.04. The Morgan fingerprint density at radius 3 is 2.94 bits per heavy atom. The van der Waals surface area contributed by atoms with Gasteiger partial charge in [-0.05, 0) is 12.1 Å². The second-order valence-corrected chi connectivity index (χ2v) is 3.66. The summed E-state index contributed by atoms with van der Waals surface area (Å²) in [5.41, 5.74) is 5.85. The highest BCUT2D eigenvalue weighted by Crippen LogP contribution is 2.19. The van der Waals surface area contributed by atoms with Crippen LogP contribution in [0.1, 0.15) is 5.69 Å². The third-order valence-corrected chi connectivity index (χ3v) is 2.20. The Morgan fingerprint density at radius 2 is 2.28 bits per heavy atom. The zero-order chi connectivity index (χ0) is 13.1. The van der Waals surface area contributed by atoms with Crippen LogP contribution in [0.15, 0.2) is 24.5 Å². The number of nitrogens with two attached hydrogens (primary N) is 1. The first-order valence-corrected chi connectivity index (χ1v) is 5.16. The molecule has 0 radical (unpaired) electrons. The van der Waals surface area contributed by atoms with Crippen molar-refractivity contribution in [3.05, 3.63) is 30.2 Å². The average Bonchev–Trinajstić information content (AvgIpc) is 2.67. The van der Waals surface area contributed by atoms with Gasteiger partial charge in [0.15, 0.2) is 18.0 Å². The molecule has 7 nitrogen and oxygen atoms in total. The minimum Gasteiger partial charge on any atom is -0.481 e. The van der Waals surface area contributed by atoms with Crippen LogP contribution in [0.3, 0.4) is 0 Å². The fraction of sp³-hybridized carbons (Fsp3) is 0.182. The van der Waals surface area contributed by atoms with E-state index in [-0.39, 0.29) is 13.0 Å². The molecule has 0 spiro atoms. The Kier molecular flexibility index (Phi) is 3.13. The Labute approximate surface area is 102 Å². The average molecular weight is 249 g/mol. The first-order chi connectivity index (χ1) is 8.56. The lowest BCUT2D eigenvalue weighted by atomic mass is 10.3. The number of carboxylic acids is 1. The summed E-state index contributed by atoms with van der Waals surface area (Å²) in [5, 5.41) is 8.70. The Morgan fingerprint density at radius 1 is 1.50 bits per heavy atom. The van der Waals surface area contributed by atoms with Crippen molar-refractivity contribution >= 4 is 17.5 Å². The van der Waals surface area contributed by atoms with Gasteiger partial charge in [-0.15, -0.1) is 0 Å². The molecule has 18 heavy (non-hydrogen) atoms. The van der Waals surface area contributed by atoms with Gasteiger partial charge in [-0.1, -0.05) is 0 Å². The van der Waals surface area contributed by atoms with Crippen LogP contribution in [-0.4, -0.2) is 33.0 Å². The van der Waals surface area contributed by atoms with Crippen LogP contribution < -0.4 is 10.5 Å². The van der Waals surface area contributed by atoms with Gasteiger partial charge >= 0.3 is 5.97 Å². The Hall–Kier alpha value is -2.57. The molecule has 0 aromatic carbocycles. The first-order valence-electron chi connectivity index (χ1n) is 5.16. The van der Waals surface area contributed by atoms with E-state index in [1.807, 2.05) is 0 Å². The third kappa shape index (κ3) is 2.57. The van der Waals surface area contributed by atoms with E-state index in [9.17, 15) is 9.59 Å². The monoisotopic (exact) mass is 249 g/mol. The molecule has 94 valence electrons. The lowest BCUT2D eigenvalue weighted by Crippen LogP contribution is -2.20. The highest BCUT2D eigenvalue weighted by Gasteiger charge is 2.10. The number of carbonyl (C=O) groups is 2. The highest BCUT2D eigenvalue weighted by atomic mass is 16.5. The standard InChI is InChI=1S/C11H11N3O4/c12-9(15)6-18-8-2-1-3-14-5-7(4-10(16)17)13-11(8)14/h1-3,5H,4,6H2,(H2,12,15)(H,16,17). The quantitative estimate of drug-likeness (QED) is 0.764. The van der Waals surface area contributed by atoms with Gasteiger partial charge in [0.25, 0.3) is 5.91 Å². The fourth-order valence-corrected chi connectivity index (χ4v) is 1.54. The van der Waals surface area contributed by atoms with E-state index in [4.69, 9.17) is 15.6 Å². The van der Waals surface area contributed by atoms with E-state index >= 15 is 0 Å². The van der Waals surface area contributed by atoms with Crippen LogP contribution in [0.2, 0.25) is 0 Å². The number of carbonyl (C=O) groups excluding carboxylic acids is 1. The predicted molar refractivity (Wildman–Crippen MR) is 61.2 cm³/mol. The lowest BCUT2D eigenvalue weighted by molar-refractivity contribution is -0.136. The first kappa shape index (κ1) is 11.9. The maximum Gasteiger partial charge on any atom is 0.309 e. The second-order valence-electron chi connectivity index (χ2n) is 3.66. The Bertz CT molecular complexity index is 605. The molecule has 2 rings (SSSR count). The summed E-state index contributed by atoms with van der Waals surface area (Å²) in [6, 6.07) is 3.34.